The van der Waals surface area contributed by atoms with Gasteiger partial charge in [0.15, 0.2) is 0 Å². The summed E-state index contributed by atoms with van der Waals surface area (Å²) >= 11 is 0. The standard InChI is InChI=1S/C24H37F3O/c25-24(26,27)21-12-13-22(23(28)15-21)20-10-8-19(9-11-20)18-6-4-17(5-7-18)14-16-2-1-3-16/h10,16-19,21-23,28H,1-9,11-15H2. The van der Waals surface area contributed by atoms with Gasteiger partial charge in [0.1, 0.15) is 0 Å². The average molecular weight is 399 g/mol. The molecule has 0 aromatic heterocycles. The van der Waals surface area contributed by atoms with E-state index in [-0.39, 0.29) is 18.8 Å². The van der Waals surface area contributed by atoms with Crippen LogP contribution in [0, 0.1) is 35.5 Å². The van der Waals surface area contributed by atoms with Gasteiger partial charge in [0.25, 0.3) is 0 Å². The molecule has 3 saturated carbocycles. The lowest BCUT2D eigenvalue weighted by Crippen LogP contribution is -2.37. The van der Waals surface area contributed by atoms with Gasteiger partial charge in [-0.15, -0.1) is 0 Å². The molecule has 3 fully saturated rings. The van der Waals surface area contributed by atoms with Gasteiger partial charge in [-0.2, -0.15) is 13.2 Å². The van der Waals surface area contributed by atoms with Crippen molar-refractivity contribution in [2.75, 3.05) is 0 Å². The highest BCUT2D eigenvalue weighted by molar-refractivity contribution is 5.14. The number of hydrogen-bond acceptors (Lipinski definition) is 1. The van der Waals surface area contributed by atoms with Gasteiger partial charge in [0, 0.05) is 5.92 Å². The highest BCUT2D eigenvalue weighted by Gasteiger charge is 2.45. The quantitative estimate of drug-likeness (QED) is 0.503. The molecule has 0 heterocycles. The molecule has 0 aromatic carbocycles. The van der Waals surface area contributed by atoms with E-state index in [1.165, 1.54) is 63.4 Å². The first-order chi connectivity index (χ1) is 13.4. The summed E-state index contributed by atoms with van der Waals surface area (Å²) in [7, 11) is 0. The molecule has 0 saturated heterocycles. The number of hydrogen-bond donors (Lipinski definition) is 1. The van der Waals surface area contributed by atoms with Gasteiger partial charge in [-0.3, -0.25) is 0 Å². The Kier molecular flexibility index (Phi) is 6.44. The second-order valence-corrected chi connectivity index (χ2v) is 10.4. The third-order valence-electron chi connectivity index (χ3n) is 8.69. The normalized spacial score (nSPS) is 40.6. The van der Waals surface area contributed by atoms with Crippen LogP contribution < -0.4 is 0 Å². The van der Waals surface area contributed by atoms with Crippen LogP contribution >= 0.6 is 0 Å². The molecule has 0 aliphatic heterocycles. The van der Waals surface area contributed by atoms with Gasteiger partial charge >= 0.3 is 6.18 Å². The zero-order valence-electron chi connectivity index (χ0n) is 17.1. The van der Waals surface area contributed by atoms with E-state index >= 15 is 0 Å². The summed E-state index contributed by atoms with van der Waals surface area (Å²) in [6, 6.07) is 0. The third-order valence-corrected chi connectivity index (χ3v) is 8.69. The Labute approximate surface area is 168 Å². The summed E-state index contributed by atoms with van der Waals surface area (Å²) in [6.07, 6.45) is 12.6. The fourth-order valence-corrected chi connectivity index (χ4v) is 6.61. The first-order valence-electron chi connectivity index (χ1n) is 11.8. The number of rotatable bonds is 4. The van der Waals surface area contributed by atoms with E-state index in [9.17, 15) is 18.3 Å². The Morgan fingerprint density at radius 1 is 0.857 bits per heavy atom. The Hall–Kier alpha value is -0.510. The van der Waals surface area contributed by atoms with Crippen molar-refractivity contribution in [3.8, 4) is 0 Å². The first-order valence-corrected chi connectivity index (χ1v) is 11.8. The molecule has 4 aliphatic carbocycles. The van der Waals surface area contributed by atoms with Crippen molar-refractivity contribution in [1.29, 1.82) is 0 Å². The van der Waals surface area contributed by atoms with Crippen molar-refractivity contribution in [3.63, 3.8) is 0 Å². The van der Waals surface area contributed by atoms with Crippen molar-refractivity contribution in [2.24, 2.45) is 35.5 Å². The van der Waals surface area contributed by atoms with Crippen LogP contribution in [0.3, 0.4) is 0 Å². The van der Waals surface area contributed by atoms with E-state index < -0.39 is 18.2 Å². The minimum atomic E-state index is -4.16. The number of aliphatic hydroxyl groups is 1. The summed E-state index contributed by atoms with van der Waals surface area (Å²) in [5.74, 6) is 2.26. The highest BCUT2D eigenvalue weighted by Crippen LogP contribution is 2.46. The predicted molar refractivity (Wildman–Crippen MR) is 106 cm³/mol. The van der Waals surface area contributed by atoms with Gasteiger partial charge in [-0.1, -0.05) is 43.8 Å². The van der Waals surface area contributed by atoms with Crippen molar-refractivity contribution in [1.82, 2.24) is 0 Å². The molecule has 0 amide bonds. The summed E-state index contributed by atoms with van der Waals surface area (Å²) in [5.41, 5.74) is 1.25. The molecule has 160 valence electrons. The van der Waals surface area contributed by atoms with Gasteiger partial charge < -0.3 is 5.11 Å². The molecule has 0 aromatic rings. The topological polar surface area (TPSA) is 20.2 Å². The molecular weight excluding hydrogens is 361 g/mol. The van der Waals surface area contributed by atoms with E-state index in [1.807, 2.05) is 0 Å². The molecule has 0 bridgehead atoms. The minimum Gasteiger partial charge on any atom is -0.392 e. The molecule has 4 rings (SSSR count). The van der Waals surface area contributed by atoms with Crippen LogP contribution in [0.2, 0.25) is 0 Å². The maximum absolute atomic E-state index is 12.9. The van der Waals surface area contributed by atoms with Crippen LogP contribution in [-0.4, -0.2) is 17.4 Å². The Morgan fingerprint density at radius 3 is 2.11 bits per heavy atom. The Balaban J connectivity index is 1.23. The fraction of sp³-hybridized carbons (Fsp3) is 0.917. The van der Waals surface area contributed by atoms with Gasteiger partial charge in [-0.25, -0.2) is 0 Å². The van der Waals surface area contributed by atoms with Crippen molar-refractivity contribution in [2.45, 2.75) is 102 Å². The molecule has 0 radical (unpaired) electrons. The zero-order chi connectivity index (χ0) is 19.7. The third kappa shape index (κ3) is 4.79. The van der Waals surface area contributed by atoms with E-state index in [0.29, 0.717) is 6.42 Å². The molecule has 28 heavy (non-hydrogen) atoms. The van der Waals surface area contributed by atoms with Crippen molar-refractivity contribution >= 4 is 0 Å². The molecule has 1 nitrogen and oxygen atoms in total. The maximum atomic E-state index is 12.9. The van der Waals surface area contributed by atoms with Crippen LogP contribution in [0.15, 0.2) is 11.6 Å². The predicted octanol–water partition coefficient (Wildman–Crippen LogP) is 7.05. The SMILES string of the molecule is OC1CC(C(F)(F)F)CCC1C1=CCC(C2CCC(CC3CCC3)CC2)CC1. The minimum absolute atomic E-state index is 0.0298. The summed E-state index contributed by atoms with van der Waals surface area (Å²) in [4.78, 5) is 0. The number of alkyl halides is 3. The highest BCUT2D eigenvalue weighted by atomic mass is 19.4. The van der Waals surface area contributed by atoms with Gasteiger partial charge in [0.05, 0.1) is 12.0 Å². The molecule has 4 aliphatic rings. The smallest absolute Gasteiger partial charge is 0.391 e. The number of halogens is 3. The van der Waals surface area contributed by atoms with Gasteiger partial charge in [0.2, 0.25) is 0 Å². The van der Waals surface area contributed by atoms with Crippen molar-refractivity contribution < 1.29 is 18.3 Å². The second kappa shape index (κ2) is 8.70. The molecule has 4 atom stereocenters. The van der Waals surface area contributed by atoms with Crippen molar-refractivity contribution in [3.05, 3.63) is 11.6 Å². The Bertz CT molecular complexity index is 543. The first kappa shape index (κ1) is 20.8. The van der Waals surface area contributed by atoms with E-state index in [4.69, 9.17) is 0 Å². The average Bonchev–Trinajstić information content (AvgIpc) is 2.65. The monoisotopic (exact) mass is 398 g/mol. The van der Waals surface area contributed by atoms with E-state index in [0.717, 1.165) is 36.5 Å². The summed E-state index contributed by atoms with van der Waals surface area (Å²) < 4.78 is 38.8. The Morgan fingerprint density at radius 2 is 1.57 bits per heavy atom. The maximum Gasteiger partial charge on any atom is 0.391 e. The number of aliphatic hydroxyl groups excluding tert-OH is 1. The molecule has 0 spiro atoms. The van der Waals surface area contributed by atoms with Gasteiger partial charge in [-0.05, 0) is 81.5 Å². The van der Waals surface area contributed by atoms with Crippen LogP contribution in [-0.2, 0) is 0 Å². The summed E-state index contributed by atoms with van der Waals surface area (Å²) in [6.45, 7) is 0. The molecule has 1 N–H and O–H groups in total. The summed E-state index contributed by atoms with van der Waals surface area (Å²) in [5, 5.41) is 10.4. The second-order valence-electron chi connectivity index (χ2n) is 10.4. The van der Waals surface area contributed by atoms with E-state index in [2.05, 4.69) is 6.08 Å². The van der Waals surface area contributed by atoms with Crippen LogP contribution in [0.25, 0.3) is 0 Å². The molecular formula is C24H37F3O. The van der Waals surface area contributed by atoms with E-state index in [1.54, 1.807) is 0 Å². The zero-order valence-corrected chi connectivity index (χ0v) is 17.1. The van der Waals surface area contributed by atoms with Crippen LogP contribution in [0.4, 0.5) is 13.2 Å². The lowest BCUT2D eigenvalue weighted by atomic mass is 9.67. The lowest BCUT2D eigenvalue weighted by molar-refractivity contribution is -0.192. The molecule has 4 unspecified atom stereocenters. The lowest BCUT2D eigenvalue weighted by Gasteiger charge is -2.40. The fourth-order valence-electron chi connectivity index (χ4n) is 6.61. The largest absolute Gasteiger partial charge is 0.392 e. The number of allylic oxidation sites excluding steroid dienone is 1. The molecule has 4 heteroatoms. The van der Waals surface area contributed by atoms with Crippen LogP contribution in [0.5, 0.6) is 0 Å². The van der Waals surface area contributed by atoms with Crippen LogP contribution in [0.1, 0.15) is 89.9 Å².